The lowest BCUT2D eigenvalue weighted by molar-refractivity contribution is 0.104. The van der Waals surface area contributed by atoms with Crippen LogP contribution < -0.4 is 10.1 Å². The van der Waals surface area contributed by atoms with Crippen LogP contribution in [-0.2, 0) is 0 Å². The van der Waals surface area contributed by atoms with E-state index in [9.17, 15) is 5.11 Å². The number of thioether (sulfide) groups is 1. The Morgan fingerprint density at radius 3 is 3.17 bits per heavy atom. The fourth-order valence-electron chi connectivity index (χ4n) is 1.81. The molecular weight excluding hydrogens is 314 g/mol. The number of benzene rings is 1. The summed E-state index contributed by atoms with van der Waals surface area (Å²) in [6, 6.07) is 8.20. The van der Waals surface area contributed by atoms with Crippen molar-refractivity contribution in [2.75, 3.05) is 24.7 Å². The van der Waals surface area contributed by atoms with Crippen LogP contribution >= 0.6 is 27.7 Å². The number of aliphatic hydroxyl groups is 1. The van der Waals surface area contributed by atoms with E-state index in [2.05, 4.69) is 21.2 Å². The summed E-state index contributed by atoms with van der Waals surface area (Å²) in [6.07, 6.45) is 0.735. The molecule has 2 unspecified atom stereocenters. The molecule has 2 rings (SSSR count). The van der Waals surface area contributed by atoms with E-state index in [1.54, 1.807) is 0 Å². The molecule has 2 atom stereocenters. The van der Waals surface area contributed by atoms with Crippen LogP contribution in [0.4, 0.5) is 0 Å². The predicted molar refractivity (Wildman–Crippen MR) is 79.4 cm³/mol. The Morgan fingerprint density at radius 2 is 2.44 bits per heavy atom. The molecule has 0 bridgehead atoms. The van der Waals surface area contributed by atoms with Crippen molar-refractivity contribution in [2.45, 2.75) is 18.6 Å². The maximum absolute atomic E-state index is 9.83. The number of hydrogen-bond donors (Lipinski definition) is 2. The number of rotatable bonds is 6. The zero-order valence-corrected chi connectivity index (χ0v) is 12.5. The van der Waals surface area contributed by atoms with Crippen LogP contribution in [0.15, 0.2) is 28.7 Å². The van der Waals surface area contributed by atoms with Gasteiger partial charge in [-0.05, 0) is 30.4 Å². The summed E-state index contributed by atoms with van der Waals surface area (Å²) in [5.41, 5.74) is 0. The van der Waals surface area contributed by atoms with Crippen LogP contribution in [0.25, 0.3) is 0 Å². The molecule has 0 amide bonds. The summed E-state index contributed by atoms with van der Waals surface area (Å²) in [4.78, 5) is 0. The van der Waals surface area contributed by atoms with Crippen molar-refractivity contribution in [3.05, 3.63) is 28.7 Å². The highest BCUT2D eigenvalue weighted by atomic mass is 79.9. The molecular formula is C13H18BrNO2S. The first-order valence-electron chi connectivity index (χ1n) is 6.11. The lowest BCUT2D eigenvalue weighted by Crippen LogP contribution is -2.37. The molecule has 1 saturated heterocycles. The number of aliphatic hydroxyl groups excluding tert-OH is 1. The molecule has 0 aliphatic carbocycles. The largest absolute Gasteiger partial charge is 0.491 e. The van der Waals surface area contributed by atoms with Gasteiger partial charge in [-0.15, -0.1) is 0 Å². The molecule has 0 radical (unpaired) electrons. The van der Waals surface area contributed by atoms with Crippen LogP contribution in [0.1, 0.15) is 6.42 Å². The molecule has 1 aromatic rings. The minimum Gasteiger partial charge on any atom is -0.491 e. The summed E-state index contributed by atoms with van der Waals surface area (Å²) in [5.74, 6) is 3.15. The second-order valence-electron chi connectivity index (χ2n) is 4.39. The van der Waals surface area contributed by atoms with Crippen molar-refractivity contribution in [2.24, 2.45) is 0 Å². The third kappa shape index (κ3) is 4.80. The predicted octanol–water partition coefficient (Wildman–Crippen LogP) is 2.28. The molecule has 1 fully saturated rings. The van der Waals surface area contributed by atoms with Crippen LogP contribution in [0.5, 0.6) is 5.75 Å². The Hall–Kier alpha value is -0.230. The van der Waals surface area contributed by atoms with Gasteiger partial charge in [-0.2, -0.15) is 11.8 Å². The van der Waals surface area contributed by atoms with Gasteiger partial charge in [-0.3, -0.25) is 0 Å². The summed E-state index contributed by atoms with van der Waals surface area (Å²) < 4.78 is 6.52. The molecule has 5 heteroatoms. The Balaban J connectivity index is 1.66. The highest BCUT2D eigenvalue weighted by Gasteiger charge is 2.16. The quantitative estimate of drug-likeness (QED) is 0.839. The average molecular weight is 332 g/mol. The van der Waals surface area contributed by atoms with E-state index in [0.717, 1.165) is 16.0 Å². The lowest BCUT2D eigenvalue weighted by atomic mass is 10.2. The van der Waals surface area contributed by atoms with E-state index in [1.165, 1.54) is 12.2 Å². The van der Waals surface area contributed by atoms with Crippen LogP contribution in [0.3, 0.4) is 0 Å². The number of ether oxygens (including phenoxy) is 1. The molecule has 18 heavy (non-hydrogen) atoms. The third-order valence-corrected chi connectivity index (χ3v) is 4.47. The van der Waals surface area contributed by atoms with E-state index < -0.39 is 6.10 Å². The molecule has 3 nitrogen and oxygen atoms in total. The number of nitrogens with one attached hydrogen (secondary N) is 1. The van der Waals surface area contributed by atoms with E-state index in [0.29, 0.717) is 19.2 Å². The molecule has 100 valence electrons. The average Bonchev–Trinajstić information content (AvgIpc) is 2.87. The van der Waals surface area contributed by atoms with Gasteiger partial charge < -0.3 is 15.2 Å². The van der Waals surface area contributed by atoms with E-state index in [4.69, 9.17) is 4.74 Å². The van der Waals surface area contributed by atoms with E-state index in [-0.39, 0.29) is 0 Å². The Bertz CT molecular complexity index is 372. The van der Waals surface area contributed by atoms with Gasteiger partial charge in [0.25, 0.3) is 0 Å². The Kier molecular flexibility index (Phi) is 5.82. The molecule has 2 N–H and O–H groups in total. The van der Waals surface area contributed by atoms with Crippen molar-refractivity contribution in [1.82, 2.24) is 5.32 Å². The zero-order chi connectivity index (χ0) is 12.8. The third-order valence-electron chi connectivity index (χ3n) is 2.81. The monoisotopic (exact) mass is 331 g/mol. The maximum atomic E-state index is 9.83. The molecule has 0 aromatic heterocycles. The number of hydrogen-bond acceptors (Lipinski definition) is 4. The summed E-state index contributed by atoms with van der Waals surface area (Å²) in [5, 5.41) is 13.2. The topological polar surface area (TPSA) is 41.5 Å². The minimum atomic E-state index is -0.463. The summed E-state index contributed by atoms with van der Waals surface area (Å²) in [7, 11) is 0. The van der Waals surface area contributed by atoms with Crippen LogP contribution in [0.2, 0.25) is 0 Å². The van der Waals surface area contributed by atoms with E-state index in [1.807, 2.05) is 36.0 Å². The molecule has 1 aromatic carbocycles. The van der Waals surface area contributed by atoms with Gasteiger partial charge >= 0.3 is 0 Å². The fourth-order valence-corrected chi connectivity index (χ4v) is 3.37. The van der Waals surface area contributed by atoms with Crippen LogP contribution in [0, 0.1) is 0 Å². The molecule has 0 saturated carbocycles. The van der Waals surface area contributed by atoms with Gasteiger partial charge in [0.1, 0.15) is 18.5 Å². The van der Waals surface area contributed by atoms with E-state index >= 15 is 0 Å². The first-order valence-corrected chi connectivity index (χ1v) is 8.06. The standard InChI is InChI=1S/C13H18BrNO2S/c14-10-2-1-3-13(6-10)17-8-12(16)7-15-11-4-5-18-9-11/h1-3,6,11-12,15-16H,4-5,7-9H2. The minimum absolute atomic E-state index is 0.323. The molecule has 0 spiro atoms. The SMILES string of the molecule is OC(CNC1CCSC1)COc1cccc(Br)c1. The van der Waals surface area contributed by atoms with Gasteiger partial charge in [-0.25, -0.2) is 0 Å². The van der Waals surface area contributed by atoms with Crippen LogP contribution in [-0.4, -0.2) is 41.9 Å². The van der Waals surface area contributed by atoms with Gasteiger partial charge in [0.2, 0.25) is 0 Å². The normalized spacial score (nSPS) is 20.9. The zero-order valence-electron chi connectivity index (χ0n) is 10.1. The first kappa shape index (κ1) is 14.2. The molecule has 1 aliphatic rings. The molecule has 1 aliphatic heterocycles. The van der Waals surface area contributed by atoms with Crippen molar-refractivity contribution in [3.63, 3.8) is 0 Å². The number of halogens is 1. The highest BCUT2D eigenvalue weighted by molar-refractivity contribution is 9.10. The second-order valence-corrected chi connectivity index (χ2v) is 6.46. The lowest BCUT2D eigenvalue weighted by Gasteiger charge is -2.16. The van der Waals surface area contributed by atoms with Crippen molar-refractivity contribution in [3.8, 4) is 5.75 Å². The van der Waals surface area contributed by atoms with Crippen molar-refractivity contribution in [1.29, 1.82) is 0 Å². The smallest absolute Gasteiger partial charge is 0.120 e. The van der Waals surface area contributed by atoms with Gasteiger partial charge in [0.05, 0.1) is 0 Å². The van der Waals surface area contributed by atoms with Crippen molar-refractivity contribution < 1.29 is 9.84 Å². The summed E-state index contributed by atoms with van der Waals surface area (Å²) in [6.45, 7) is 0.919. The Labute approximate surface area is 120 Å². The first-order chi connectivity index (χ1) is 8.74. The van der Waals surface area contributed by atoms with Crippen molar-refractivity contribution >= 4 is 27.7 Å². The second kappa shape index (κ2) is 7.38. The highest BCUT2D eigenvalue weighted by Crippen LogP contribution is 2.18. The molecule has 1 heterocycles. The van der Waals surface area contributed by atoms with Gasteiger partial charge in [0.15, 0.2) is 0 Å². The maximum Gasteiger partial charge on any atom is 0.120 e. The summed E-state index contributed by atoms with van der Waals surface area (Å²) >= 11 is 5.35. The fraction of sp³-hybridized carbons (Fsp3) is 0.538. The Morgan fingerprint density at radius 1 is 1.56 bits per heavy atom. The van der Waals surface area contributed by atoms with Gasteiger partial charge in [-0.1, -0.05) is 22.0 Å². The van der Waals surface area contributed by atoms with Gasteiger partial charge in [0, 0.05) is 22.8 Å².